The molecule has 0 radical (unpaired) electrons. The number of benzene rings is 9. The second-order valence-electron chi connectivity index (χ2n) is 21.9. The molecule has 9 aromatic carbocycles. The lowest BCUT2D eigenvalue weighted by Crippen LogP contribution is -2.07. The maximum absolute atomic E-state index is 13.1. The summed E-state index contributed by atoms with van der Waals surface area (Å²) < 4.78 is 193. The van der Waals surface area contributed by atoms with Crippen LogP contribution in [0.4, 0.5) is 39.5 Å². The van der Waals surface area contributed by atoms with E-state index in [0.717, 1.165) is 77.3 Å². The van der Waals surface area contributed by atoms with Gasteiger partial charge in [0.25, 0.3) is 5.97 Å². The summed E-state index contributed by atoms with van der Waals surface area (Å²) in [5, 5.41) is 7.42. The van der Waals surface area contributed by atoms with E-state index in [1.54, 1.807) is 134 Å². The molecule has 1 N–H and O–H groups in total. The van der Waals surface area contributed by atoms with Crippen molar-refractivity contribution in [1.29, 1.82) is 0 Å². The first kappa shape index (κ1) is 74.9. The molecule has 3 heterocycles. The number of nitrogens with zero attached hydrogens (tertiary/aromatic N) is 6. The number of hydrogen-bond donors (Lipinski definition) is 1. The van der Waals surface area contributed by atoms with Gasteiger partial charge in [-0.15, -0.1) is 0 Å². The summed E-state index contributed by atoms with van der Waals surface area (Å²) in [5.74, 6) is -1.04. The Hall–Kier alpha value is -10.8. The van der Waals surface area contributed by atoms with Crippen LogP contribution in [0.15, 0.2) is 233 Å². The number of para-hydroxylation sites is 3. The number of sulfone groups is 3. The van der Waals surface area contributed by atoms with Crippen LogP contribution in [0.1, 0.15) is 37.5 Å². The number of halogens is 9. The van der Waals surface area contributed by atoms with Crippen molar-refractivity contribution in [3.8, 4) is 67.2 Å². The molecule has 100 heavy (non-hydrogen) atoms. The van der Waals surface area contributed by atoms with Gasteiger partial charge in [-0.2, -0.15) is 39.5 Å². The Kier molecular flexibility index (Phi) is 23.2. The van der Waals surface area contributed by atoms with Gasteiger partial charge in [0.1, 0.15) is 16.6 Å². The topological polar surface area (TPSA) is 243 Å². The molecule has 12 aromatic rings. The van der Waals surface area contributed by atoms with Crippen LogP contribution in [0.2, 0.25) is 0 Å². The van der Waals surface area contributed by atoms with E-state index in [2.05, 4.69) is 34.6 Å². The average molecular weight is 1430 g/mol. The number of aliphatic carboxylic acids is 1. The van der Waals surface area contributed by atoms with Crippen molar-refractivity contribution in [3.63, 3.8) is 0 Å². The van der Waals surface area contributed by atoms with Crippen molar-refractivity contribution < 1.29 is 84.2 Å². The number of carbonyl (C=O) groups excluding carboxylic acids is 1. The lowest BCUT2D eigenvalue weighted by Gasteiger charge is -2.10. The van der Waals surface area contributed by atoms with Gasteiger partial charge in [-0.1, -0.05) is 127 Å². The highest BCUT2D eigenvalue weighted by atomic mass is 32.2. The molecule has 3 aromatic heterocycles. The van der Waals surface area contributed by atoms with Gasteiger partial charge in [0, 0.05) is 49.3 Å². The van der Waals surface area contributed by atoms with E-state index in [-0.39, 0.29) is 53.8 Å². The summed E-state index contributed by atoms with van der Waals surface area (Å²) in [6, 6.07) is 52.6. The predicted molar refractivity (Wildman–Crippen MR) is 361 cm³/mol. The van der Waals surface area contributed by atoms with Crippen LogP contribution >= 0.6 is 0 Å². The number of carboxylic acid groups (broad SMARTS) is 1. The van der Waals surface area contributed by atoms with Crippen LogP contribution in [-0.2, 0) is 62.4 Å². The summed E-state index contributed by atoms with van der Waals surface area (Å²) in [5.41, 5.74) is 5.46. The third kappa shape index (κ3) is 19.7. The number of hydrogen-bond acceptors (Lipinski definition) is 15. The maximum atomic E-state index is 13.1. The molecular weight excluding hydrogens is 1380 g/mol. The van der Waals surface area contributed by atoms with Crippen molar-refractivity contribution >= 4 is 74.6 Å². The molecule has 0 saturated carbocycles. The monoisotopic (exact) mass is 1430 g/mol. The summed E-state index contributed by atoms with van der Waals surface area (Å²) in [7, 11) is -9.95. The third-order valence-electron chi connectivity index (χ3n) is 14.3. The molecule has 0 aliphatic carbocycles. The fourth-order valence-corrected chi connectivity index (χ4v) is 11.7. The fraction of sp³-hybridized carbons (Fsp3) is 0.139. The Morgan fingerprint density at radius 3 is 0.800 bits per heavy atom. The van der Waals surface area contributed by atoms with Gasteiger partial charge in [0.2, 0.25) is 0 Å². The van der Waals surface area contributed by atoms with E-state index in [1.165, 1.54) is 80.1 Å². The minimum atomic E-state index is -4.50. The molecule has 0 atom stereocenters. The zero-order valence-electron chi connectivity index (χ0n) is 53.4. The molecule has 0 fully saturated rings. The number of alkyl halides is 9. The van der Waals surface area contributed by atoms with Crippen molar-refractivity contribution in [2.75, 3.05) is 25.4 Å². The molecule has 0 unspecified atom stereocenters. The van der Waals surface area contributed by atoms with Gasteiger partial charge >= 0.3 is 24.5 Å². The third-order valence-corrected chi connectivity index (χ3v) is 17.6. The number of esters is 1. The maximum Gasteiger partial charge on any atom is 0.418 e. The fourth-order valence-electron chi connectivity index (χ4n) is 9.65. The highest BCUT2D eigenvalue weighted by molar-refractivity contribution is 7.91. The molecule has 28 heteroatoms. The first-order chi connectivity index (χ1) is 46.9. The summed E-state index contributed by atoms with van der Waals surface area (Å²) in [6.45, 7) is 4.74. The zero-order chi connectivity index (χ0) is 73.1. The first-order valence-electron chi connectivity index (χ1n) is 29.4. The molecule has 0 bridgehead atoms. The molecule has 0 aliphatic heterocycles. The van der Waals surface area contributed by atoms with Gasteiger partial charge in [0.05, 0.1) is 90.2 Å². The second kappa shape index (κ2) is 30.9. The number of rotatable bonds is 10. The Morgan fingerprint density at radius 1 is 0.370 bits per heavy atom. The van der Waals surface area contributed by atoms with E-state index < -0.39 is 70.7 Å². The van der Waals surface area contributed by atoms with Gasteiger partial charge in [0.15, 0.2) is 29.5 Å². The number of ether oxygens (including phenoxy) is 1. The van der Waals surface area contributed by atoms with Crippen LogP contribution < -0.4 is 0 Å². The Morgan fingerprint density at radius 2 is 0.600 bits per heavy atom. The van der Waals surface area contributed by atoms with Crippen molar-refractivity contribution in [2.24, 2.45) is 0 Å². The summed E-state index contributed by atoms with van der Waals surface area (Å²) in [4.78, 5) is 44.5. The molecule has 0 spiro atoms. The van der Waals surface area contributed by atoms with Crippen LogP contribution in [0.25, 0.3) is 100 Å². The van der Waals surface area contributed by atoms with Gasteiger partial charge < -0.3 is 9.84 Å². The van der Waals surface area contributed by atoms with Gasteiger partial charge in [-0.05, 0) is 113 Å². The molecular formula is C72H57F9N6O10S3. The van der Waals surface area contributed by atoms with E-state index in [0.29, 0.717) is 40.4 Å². The minimum absolute atomic E-state index is 0.159. The summed E-state index contributed by atoms with van der Waals surface area (Å²) in [6.07, 6.45) is -6.11. The molecule has 12 rings (SSSR count). The number of carboxylic acids is 1. The lowest BCUT2D eigenvalue weighted by atomic mass is 10.0. The number of aromatic nitrogens is 6. The quantitative estimate of drug-likeness (QED) is 0.0988. The summed E-state index contributed by atoms with van der Waals surface area (Å²) >= 11 is 0. The highest BCUT2D eigenvalue weighted by Crippen LogP contribution is 2.38. The standard InChI is InChI=1S/3C22H15F3N2O2S.C4H8O2.C2H4O2/c3*1-30(28,29)17-5-2-4-16(12-17)14-8-10-15(11-9-14)20-13-26-21-18(22(23,24)25)6-3-7-19(21)27-20;1-3-6-4(2)5;1-2(3)4/h3*2-13H,1H3;3H2,1-2H3;1H3,(H,3,4). The lowest BCUT2D eigenvalue weighted by molar-refractivity contribution is -0.140. The second-order valence-corrected chi connectivity index (χ2v) is 27.9. The normalized spacial score (nSPS) is 11.8. The van der Waals surface area contributed by atoms with Crippen LogP contribution in [0.5, 0.6) is 0 Å². The molecule has 0 amide bonds. The van der Waals surface area contributed by atoms with E-state index in [4.69, 9.17) is 9.90 Å². The van der Waals surface area contributed by atoms with E-state index in [9.17, 15) is 69.6 Å². The van der Waals surface area contributed by atoms with Crippen molar-refractivity contribution in [2.45, 2.75) is 54.0 Å². The predicted octanol–water partition coefficient (Wildman–Crippen LogP) is 16.8. The molecule has 0 aliphatic rings. The highest BCUT2D eigenvalue weighted by Gasteiger charge is 2.35. The Bertz CT molecular complexity index is 4830. The average Bonchev–Trinajstić information content (AvgIpc) is 0.801. The Labute approximate surface area is 567 Å². The largest absolute Gasteiger partial charge is 0.481 e. The molecule has 0 saturated heterocycles. The minimum Gasteiger partial charge on any atom is -0.481 e. The van der Waals surface area contributed by atoms with Crippen LogP contribution in [0, 0.1) is 0 Å². The SMILES string of the molecule is CC(=O)O.CCOC(C)=O.CS(=O)(=O)c1cccc(-c2ccc(-c3cnc4c(C(F)(F)F)cccc4n3)cc2)c1.CS(=O)(=O)c1cccc(-c2ccc(-c3cnc4c(C(F)(F)F)cccc4n3)cc2)c1.CS(=O)(=O)c1cccc(-c2ccc(-c3cnc4c(C(F)(F)F)cccc4n3)cc2)c1. The van der Waals surface area contributed by atoms with Crippen molar-refractivity contribution in [3.05, 3.63) is 235 Å². The van der Waals surface area contributed by atoms with Gasteiger partial charge in [-0.3, -0.25) is 24.5 Å². The molecule has 16 nitrogen and oxygen atoms in total. The van der Waals surface area contributed by atoms with E-state index >= 15 is 0 Å². The smallest absolute Gasteiger partial charge is 0.418 e. The number of carbonyl (C=O) groups is 2. The van der Waals surface area contributed by atoms with Crippen molar-refractivity contribution in [1.82, 2.24) is 29.9 Å². The zero-order valence-corrected chi connectivity index (χ0v) is 55.9. The first-order valence-corrected chi connectivity index (χ1v) is 35.1. The van der Waals surface area contributed by atoms with Crippen LogP contribution in [-0.4, -0.2) is 97.6 Å². The van der Waals surface area contributed by atoms with Gasteiger partial charge in [-0.25, -0.2) is 40.2 Å². The molecule has 516 valence electrons. The number of fused-ring (bicyclic) bond motifs is 3. The van der Waals surface area contributed by atoms with E-state index in [1.807, 2.05) is 0 Å². The van der Waals surface area contributed by atoms with Crippen LogP contribution in [0.3, 0.4) is 0 Å². The Balaban J connectivity index is 0.000000178.